The molecule has 0 aromatic carbocycles. The Bertz CT molecular complexity index is 1040. The van der Waals surface area contributed by atoms with Gasteiger partial charge in [0.1, 0.15) is 0 Å². The summed E-state index contributed by atoms with van der Waals surface area (Å²) in [6, 6.07) is 2.30. The molecular weight excluding hydrogens is 461 g/mol. The summed E-state index contributed by atoms with van der Waals surface area (Å²) in [7, 11) is 0. The van der Waals surface area contributed by atoms with E-state index in [2.05, 4.69) is 67.2 Å². The van der Waals surface area contributed by atoms with Gasteiger partial charge in [0.15, 0.2) is 0 Å². The summed E-state index contributed by atoms with van der Waals surface area (Å²) in [6.45, 7) is 35.6. The summed E-state index contributed by atoms with van der Waals surface area (Å²) >= 11 is 0. The molecule has 1 rings (SSSR count). The van der Waals surface area contributed by atoms with Crippen LogP contribution in [-0.2, 0) is 0 Å². The van der Waals surface area contributed by atoms with Crippen molar-refractivity contribution >= 4 is 37.7 Å². The molecule has 1 aliphatic rings. The van der Waals surface area contributed by atoms with Crippen molar-refractivity contribution in [3.63, 3.8) is 0 Å². The molecule has 38 heavy (non-hydrogen) atoms. The molecule has 1 heterocycles. The van der Waals surface area contributed by atoms with Gasteiger partial charge in [0, 0.05) is 0 Å². The zero-order chi connectivity index (χ0) is 28.0. The Kier molecular flexibility index (Phi) is 18.0. The third kappa shape index (κ3) is 14.0. The van der Waals surface area contributed by atoms with E-state index in [0.717, 1.165) is 49.1 Å². The van der Waals surface area contributed by atoms with Crippen LogP contribution in [0.2, 0.25) is 0 Å². The normalized spacial score (nSPS) is 18.7. The Morgan fingerprint density at radius 2 is 1.34 bits per heavy atom. The first-order chi connectivity index (χ1) is 18.5. The van der Waals surface area contributed by atoms with E-state index in [1.54, 1.807) is 18.2 Å². The number of allylic oxidation sites excluding steroid dienone is 7. The topological polar surface area (TPSA) is 33.5 Å². The molecule has 0 spiro atoms. The fourth-order valence-corrected chi connectivity index (χ4v) is 3.94. The quantitative estimate of drug-likeness (QED) is 0.255. The molecule has 1 aliphatic heterocycles. The molecule has 1 fully saturated rings. The van der Waals surface area contributed by atoms with Crippen LogP contribution in [0.4, 0.5) is 0 Å². The van der Waals surface area contributed by atoms with Gasteiger partial charge in [-0.15, -0.1) is 0 Å². The van der Waals surface area contributed by atoms with Crippen LogP contribution < -0.4 is 0 Å². The van der Waals surface area contributed by atoms with E-state index in [4.69, 9.17) is 0 Å². The van der Waals surface area contributed by atoms with Crippen LogP contribution in [0.25, 0.3) is 0 Å². The maximum absolute atomic E-state index is 10.2. The molecular formula is C31H41B3N4. The van der Waals surface area contributed by atoms with Gasteiger partial charge in [0.2, 0.25) is 0 Å². The van der Waals surface area contributed by atoms with Crippen LogP contribution in [0.1, 0.15) is 0 Å². The van der Waals surface area contributed by atoms with Crippen molar-refractivity contribution in [1.82, 2.24) is 14.7 Å². The third-order valence-corrected chi connectivity index (χ3v) is 6.00. The molecule has 0 N–H and O–H groups in total. The summed E-state index contributed by atoms with van der Waals surface area (Å²) in [4.78, 5) is 7.00. The summed E-state index contributed by atoms with van der Waals surface area (Å²) in [5, 5.41) is 10.2. The fourth-order valence-electron chi connectivity index (χ4n) is 3.94. The summed E-state index contributed by atoms with van der Waals surface area (Å²) in [6.07, 6.45) is 16.6. The van der Waals surface area contributed by atoms with Crippen molar-refractivity contribution in [2.24, 2.45) is 0 Å². The van der Waals surface area contributed by atoms with Crippen LogP contribution >= 0.6 is 0 Å². The van der Waals surface area contributed by atoms with E-state index in [-0.39, 0.29) is 6.04 Å². The molecule has 4 nitrogen and oxygen atoms in total. The Morgan fingerprint density at radius 1 is 0.763 bits per heavy atom. The first kappa shape index (κ1) is 32.9. The molecule has 0 bridgehead atoms. The van der Waals surface area contributed by atoms with Crippen molar-refractivity contribution in [3.8, 4) is 6.07 Å². The summed E-state index contributed by atoms with van der Waals surface area (Å²) in [5.74, 6) is 5.91. The van der Waals surface area contributed by atoms with Gasteiger partial charge in [-0.25, -0.2) is 0 Å². The number of nitrogens with zero attached hydrogens (tertiary/aromatic N) is 4. The van der Waals surface area contributed by atoms with E-state index >= 15 is 0 Å². The van der Waals surface area contributed by atoms with Crippen LogP contribution in [0.15, 0.2) is 112 Å². The van der Waals surface area contributed by atoms with Crippen molar-refractivity contribution in [3.05, 3.63) is 112 Å². The second-order valence-corrected chi connectivity index (χ2v) is 8.90. The Labute approximate surface area is 233 Å². The average molecular weight is 502 g/mol. The fraction of sp³-hybridized carbons (Fsp3) is 0.290. The molecule has 1 atom stereocenters. The standard InChI is InChI=1S/C31H41B3N4/c1-7-12-15-18-32-28(6)24-37-20-19-36(25-29(10-4)33-16-13-8-2)21-22-38(31(23-35)27-37)26-30(11-5)34-17-14-9-3/h7-18,31H,1-6,19-22,24-27H2/b15-12-,16-13-,17-14-. The number of nitriles is 1. The molecule has 7 heteroatoms. The predicted molar refractivity (Wildman–Crippen MR) is 175 cm³/mol. The minimum absolute atomic E-state index is 0.260. The number of hydrogen-bond donors (Lipinski definition) is 0. The van der Waals surface area contributed by atoms with Crippen LogP contribution in [-0.4, -0.2) is 111 Å². The van der Waals surface area contributed by atoms with Gasteiger partial charge in [-0.05, 0) is 0 Å². The van der Waals surface area contributed by atoms with Gasteiger partial charge < -0.3 is 0 Å². The van der Waals surface area contributed by atoms with Gasteiger partial charge in [0.25, 0.3) is 0 Å². The number of hydrogen-bond acceptors (Lipinski definition) is 4. The molecule has 0 saturated carbocycles. The molecule has 1 unspecified atom stereocenters. The van der Waals surface area contributed by atoms with Gasteiger partial charge in [-0.2, -0.15) is 0 Å². The Balaban J connectivity index is 3.23. The van der Waals surface area contributed by atoms with Gasteiger partial charge in [-0.1, -0.05) is 0 Å². The molecule has 0 amide bonds. The van der Waals surface area contributed by atoms with E-state index in [1.165, 1.54) is 0 Å². The van der Waals surface area contributed by atoms with Crippen molar-refractivity contribution < 1.29 is 0 Å². The second-order valence-electron chi connectivity index (χ2n) is 8.90. The third-order valence-electron chi connectivity index (χ3n) is 6.00. The summed E-state index contributed by atoms with van der Waals surface area (Å²) in [5.41, 5.74) is 3.19. The molecule has 0 aromatic heterocycles. The van der Waals surface area contributed by atoms with Crippen LogP contribution in [0.3, 0.4) is 0 Å². The first-order valence-corrected chi connectivity index (χ1v) is 12.9. The number of rotatable bonds is 15. The molecule has 0 aliphatic carbocycles. The van der Waals surface area contributed by atoms with E-state index in [0.29, 0.717) is 19.6 Å². The van der Waals surface area contributed by atoms with Crippen molar-refractivity contribution in [2.75, 3.05) is 52.4 Å². The summed E-state index contributed by atoms with van der Waals surface area (Å²) < 4.78 is 0. The van der Waals surface area contributed by atoms with Crippen molar-refractivity contribution in [1.29, 1.82) is 5.26 Å². The average Bonchev–Trinajstić information content (AvgIpc) is 2.99. The van der Waals surface area contributed by atoms with Gasteiger partial charge >= 0.3 is 234 Å². The van der Waals surface area contributed by atoms with Crippen LogP contribution in [0, 0.1) is 11.3 Å². The SMILES string of the molecule is C=C/C=C\B=C(C=C)CN1CCN(CC(=C)B=C/C=C\C=C)CC(C#N)N(CC(=B/C=C\C=C)C=C)CC1. The molecule has 0 radical (unpaired) electrons. The minimum atomic E-state index is -0.260. The van der Waals surface area contributed by atoms with Gasteiger partial charge in [-0.3, -0.25) is 0 Å². The van der Waals surface area contributed by atoms with E-state index in [9.17, 15) is 5.26 Å². The predicted octanol–water partition coefficient (Wildman–Crippen LogP) is 3.09. The van der Waals surface area contributed by atoms with E-state index in [1.807, 2.05) is 68.2 Å². The van der Waals surface area contributed by atoms with Crippen molar-refractivity contribution in [2.45, 2.75) is 6.04 Å². The maximum atomic E-state index is 10.2. The molecule has 1 saturated heterocycles. The zero-order valence-electron chi connectivity index (χ0n) is 22.9. The van der Waals surface area contributed by atoms with Gasteiger partial charge in [0.05, 0.1) is 0 Å². The monoisotopic (exact) mass is 502 g/mol. The van der Waals surface area contributed by atoms with E-state index < -0.39 is 0 Å². The Morgan fingerprint density at radius 3 is 1.92 bits per heavy atom. The molecule has 194 valence electrons. The second kappa shape index (κ2) is 20.8. The first-order valence-electron chi connectivity index (χ1n) is 12.9. The molecule has 0 aromatic rings. The Hall–Kier alpha value is -3.17. The zero-order valence-corrected chi connectivity index (χ0v) is 22.9. The van der Waals surface area contributed by atoms with Crippen LogP contribution in [0.5, 0.6) is 0 Å².